The number of nitrogen functional groups attached to an aromatic ring is 4. The second-order valence-electron chi connectivity index (χ2n) is 19.3. The third kappa shape index (κ3) is 18.9. The van der Waals surface area contributed by atoms with Crippen LogP contribution in [-0.4, -0.2) is 202 Å². The van der Waals surface area contributed by atoms with Crippen LogP contribution in [0.25, 0.3) is 0 Å². The maximum atomic E-state index is 14.0. The van der Waals surface area contributed by atoms with Crippen LogP contribution >= 0.6 is 54.8 Å². The van der Waals surface area contributed by atoms with E-state index in [1.54, 1.807) is 0 Å². The van der Waals surface area contributed by atoms with Gasteiger partial charge >= 0.3 is 77.5 Å². The van der Waals surface area contributed by atoms with Crippen LogP contribution in [0.3, 0.4) is 0 Å². The van der Waals surface area contributed by atoms with E-state index in [1.807, 2.05) is 0 Å². The zero-order valence-electron chi connectivity index (χ0n) is 45.7. The number of hydrogen-bond acceptors (Lipinski definition) is 37. The maximum absolute atomic E-state index is 14.0. The first-order valence-electron chi connectivity index (χ1n) is 25.1. The predicted molar refractivity (Wildman–Crippen MR) is 290 cm³/mol. The van der Waals surface area contributed by atoms with Gasteiger partial charge in [-0.15, -0.1) is 0 Å². The van der Waals surface area contributed by atoms with Gasteiger partial charge in [0.05, 0.1) is 26.4 Å². The first-order valence-corrected chi connectivity index (χ1v) is 35.7. The van der Waals surface area contributed by atoms with Crippen molar-refractivity contribution < 1.29 is 160 Å². The summed E-state index contributed by atoms with van der Waals surface area (Å²) in [5, 5.41) is 45.4. The normalized spacial score (nSPS) is 31.7. The fourth-order valence-electron chi connectivity index (χ4n) is 9.02. The highest BCUT2D eigenvalue weighted by Gasteiger charge is 2.56. The lowest BCUT2D eigenvalue weighted by Crippen LogP contribution is -2.39. The summed E-state index contributed by atoms with van der Waals surface area (Å²) in [6.07, 6.45) is -31.7. The Morgan fingerprint density at radius 3 is 0.828 bits per heavy atom. The Labute approximate surface area is 513 Å². The number of ether oxygens (including phenoxy) is 4. The Hall–Kier alpha value is -4.75. The highest BCUT2D eigenvalue weighted by molar-refractivity contribution is 7.66. The van der Waals surface area contributed by atoms with Crippen molar-refractivity contribution in [3.8, 4) is 0 Å². The highest BCUT2D eigenvalue weighted by Crippen LogP contribution is 2.66. The van der Waals surface area contributed by atoms with Crippen LogP contribution in [0.15, 0.2) is 68.2 Å². The van der Waals surface area contributed by atoms with Crippen molar-refractivity contribution in [3.05, 3.63) is 91.0 Å². The lowest BCUT2D eigenvalue weighted by Gasteiger charge is -2.27. The summed E-state index contributed by atoms with van der Waals surface area (Å²) in [5.41, 5.74) is 17.2. The topological polar surface area (TPSA) is 755 Å². The highest BCUT2D eigenvalue weighted by atomic mass is 31.3. The van der Waals surface area contributed by atoms with Crippen molar-refractivity contribution in [1.82, 2.24) is 38.2 Å². The van der Waals surface area contributed by atoms with Crippen LogP contribution in [0.2, 0.25) is 0 Å². The van der Waals surface area contributed by atoms with Crippen LogP contribution in [0, 0.1) is 0 Å². The van der Waals surface area contributed by atoms with Crippen molar-refractivity contribution in [2.45, 2.75) is 98.2 Å². The summed E-state index contributed by atoms with van der Waals surface area (Å²) in [5.74, 6) is -1.45. The van der Waals surface area contributed by atoms with E-state index in [2.05, 4.69) is 37.6 Å². The molecule has 4 saturated heterocycles. The number of nitrogens with zero attached hydrogens (tertiary/aromatic N) is 8. The summed E-state index contributed by atoms with van der Waals surface area (Å²) >= 11 is 0. The zero-order valence-corrected chi connectivity index (χ0v) is 52.0. The summed E-state index contributed by atoms with van der Waals surface area (Å²) in [6.45, 7) is -5.79. The molecule has 0 bridgehead atoms. The Kier molecular flexibility index (Phi) is 22.6. The van der Waals surface area contributed by atoms with Gasteiger partial charge in [0, 0.05) is 24.8 Å². The van der Waals surface area contributed by atoms with E-state index >= 15 is 0 Å². The van der Waals surface area contributed by atoms with Crippen molar-refractivity contribution in [3.63, 3.8) is 0 Å². The van der Waals surface area contributed by atoms with Gasteiger partial charge in [-0.3, -0.25) is 54.5 Å². The molecule has 520 valence electrons. The Bertz CT molecular complexity index is 4010. The van der Waals surface area contributed by atoms with Gasteiger partial charge in [-0.1, -0.05) is 0 Å². The molecule has 0 radical (unpaired) electrons. The summed E-state index contributed by atoms with van der Waals surface area (Å²) in [4.78, 5) is 155. The number of aliphatic hydroxyl groups excluding tert-OH is 4. The molecule has 0 amide bonds. The molecule has 0 spiro atoms. The van der Waals surface area contributed by atoms with Gasteiger partial charge in [0.2, 0.25) is 0 Å². The molecule has 21 N–H and O–H groups in total. The number of anilines is 4. The van der Waals surface area contributed by atoms with Gasteiger partial charge in [0.25, 0.3) is 0 Å². The second-order valence-corrected chi connectivity index (χ2v) is 29.2. The molecule has 4 aromatic rings. The van der Waals surface area contributed by atoms with Crippen LogP contribution in [0.4, 0.5) is 23.3 Å². The van der Waals surface area contributed by atoms with Crippen molar-refractivity contribution >= 4 is 78.0 Å². The van der Waals surface area contributed by atoms with Crippen molar-refractivity contribution in [2.24, 2.45) is 0 Å². The molecule has 21 atom stereocenters. The third-order valence-corrected chi connectivity index (χ3v) is 20.1. The fourth-order valence-corrected chi connectivity index (χ4v) is 15.5. The molecule has 4 aliphatic rings. The number of rotatable bonds is 28. The first-order chi connectivity index (χ1) is 42.9. The molecular formula is C36H53N12O38P7. The van der Waals surface area contributed by atoms with E-state index in [0.717, 1.165) is 49.1 Å². The van der Waals surface area contributed by atoms with Gasteiger partial charge in [0.15, 0.2) is 24.9 Å². The van der Waals surface area contributed by atoms with Crippen LogP contribution < -0.4 is 45.7 Å². The first kappa shape index (κ1) is 74.0. The number of hydrogen-bond donors (Lipinski definition) is 17. The fraction of sp³-hybridized carbons (Fsp3) is 0.556. The minimum atomic E-state index is -6.16. The molecular weight excluding hydrogens is 1430 g/mol. The van der Waals surface area contributed by atoms with Gasteiger partial charge in [-0.05, 0) is 24.3 Å². The third-order valence-electron chi connectivity index (χ3n) is 12.8. The monoisotopic (exact) mass is 1480 g/mol. The van der Waals surface area contributed by atoms with Crippen molar-refractivity contribution in [1.29, 1.82) is 0 Å². The van der Waals surface area contributed by atoms with Crippen LogP contribution in [0.5, 0.6) is 0 Å². The number of phosphoric acid groups is 7. The Morgan fingerprint density at radius 2 is 0.602 bits per heavy atom. The molecule has 8 rings (SSSR count). The van der Waals surface area contributed by atoms with E-state index in [-0.39, 0.29) is 17.5 Å². The quantitative estimate of drug-likeness (QED) is 0.0235. The standard InChI is InChI=1S/C36H53N12O38P7/c37-17-1-5-45(33(53)41-17)29-21(49)25(81-87(57,58)59)13(77-29)9-73-89(63,64)82-26-14(78-30(22(26)50)46-6-2-18(38)42-34(46)54)10-74-90(65,66)83-27-15(79-31(23(27)51)47-7-3-19(39)43-35(47)55)11-75-91(67,68)84-28-16(12-76-92(69,70)86-93(71,72)85-88(60,61)62)80-32(24(28)52)48-8-4-20(40)44-36(48)56/h1-8,13-16,21-32,49-52H,9-12H2,(H,63,64)(H,65,66)(H,67,68)(H,69,70)(H,71,72)(H2,37,41,53)(H2,38,42,54)(H2,39,43,55)(H2,40,44,56)(H2,57,58,59)(H2,60,61,62)/t13-,14-,15-,16-,21-,22-,23-,24-,25-,26-,27-,28-,29-,30-,31-,32-/m1/s1. The molecule has 8 heterocycles. The summed E-state index contributed by atoms with van der Waals surface area (Å²) in [7, 11) is -41.4. The van der Waals surface area contributed by atoms with E-state index in [0.29, 0.717) is 18.3 Å². The second kappa shape index (κ2) is 28.4. The average molecular weight is 1480 g/mol. The van der Waals surface area contributed by atoms with Crippen LogP contribution in [-0.2, 0) is 95.7 Å². The number of phosphoric ester groups is 5. The summed E-state index contributed by atoms with van der Waals surface area (Å²) < 4.78 is 161. The lowest BCUT2D eigenvalue weighted by atomic mass is 10.1. The molecule has 50 nitrogen and oxygen atoms in total. The predicted octanol–water partition coefficient (Wildman–Crippen LogP) is -6.30. The van der Waals surface area contributed by atoms with E-state index in [9.17, 15) is 106 Å². The molecule has 5 unspecified atom stereocenters. The number of aliphatic hydroxyl groups is 4. The van der Waals surface area contributed by atoms with Gasteiger partial charge < -0.3 is 106 Å². The average Bonchev–Trinajstić information content (AvgIpc) is 1.69. The summed E-state index contributed by atoms with van der Waals surface area (Å²) in [6, 6.07) is 4.03. The molecule has 93 heavy (non-hydrogen) atoms. The van der Waals surface area contributed by atoms with Gasteiger partial charge in [-0.25, -0.2) is 51.1 Å². The molecule has 0 aromatic carbocycles. The van der Waals surface area contributed by atoms with E-state index in [1.165, 1.54) is 0 Å². The van der Waals surface area contributed by atoms with Crippen molar-refractivity contribution in [2.75, 3.05) is 49.4 Å². The maximum Gasteiger partial charge on any atom is 0.490 e. The number of aromatic nitrogens is 8. The minimum absolute atomic E-state index is 0.303. The molecule has 4 aromatic heterocycles. The molecule has 4 fully saturated rings. The molecule has 4 aliphatic heterocycles. The molecule has 0 aliphatic carbocycles. The Balaban J connectivity index is 1.01. The largest absolute Gasteiger partial charge is 0.490 e. The van der Waals surface area contributed by atoms with Gasteiger partial charge in [-0.2, -0.15) is 28.6 Å². The minimum Gasteiger partial charge on any atom is -0.386 e. The number of nitrogens with two attached hydrogens (primary N) is 4. The van der Waals surface area contributed by atoms with Gasteiger partial charge in [0.1, 0.15) is 96.5 Å². The zero-order chi connectivity index (χ0) is 68.9. The SMILES string of the molecule is Nc1ccn([C@@H]2O[C@H](COP(=O)(O)O[C@H]3[C@@H](O)[C@H](n4ccc(N)nc4=O)O[C@@H]3COP(=O)(O)O[C@H]3[C@@H](O)[C@H](n4ccc(N)nc4=O)O[C@@H]3COP(=O)(O)O[C@H]3[C@@H](O)[C@H](n4ccc(N)nc4=O)O[C@@H]3COP(=O)(O)OP(=O)(O)OP(=O)(O)O)[C@@H](OP(=O)(O)O)[C@H]2O)c(=O)n1. The smallest absolute Gasteiger partial charge is 0.386 e. The van der Waals surface area contributed by atoms with E-state index in [4.69, 9.17) is 78.8 Å². The molecule has 0 saturated carbocycles. The molecule has 57 heteroatoms. The lowest BCUT2D eigenvalue weighted by molar-refractivity contribution is -0.0655. The van der Waals surface area contributed by atoms with Crippen LogP contribution in [0.1, 0.15) is 24.9 Å². The Morgan fingerprint density at radius 1 is 0.366 bits per heavy atom. The van der Waals surface area contributed by atoms with E-state index < -0.39 is 208 Å².